The highest BCUT2D eigenvalue weighted by molar-refractivity contribution is 6.30. The lowest BCUT2D eigenvalue weighted by Gasteiger charge is -2.23. The van der Waals surface area contributed by atoms with Crippen LogP contribution < -0.4 is 4.74 Å². The summed E-state index contributed by atoms with van der Waals surface area (Å²) in [6.45, 7) is 5.84. The van der Waals surface area contributed by atoms with Crippen LogP contribution in [0, 0.1) is 5.41 Å². The van der Waals surface area contributed by atoms with Gasteiger partial charge in [-0.05, 0) is 61.6 Å². The lowest BCUT2D eigenvalue weighted by molar-refractivity contribution is -0.162. The first kappa shape index (κ1) is 19.3. The van der Waals surface area contributed by atoms with Crippen molar-refractivity contribution in [2.75, 3.05) is 6.79 Å². The number of carbonyl (C=O) groups excluding carboxylic acids is 1. The van der Waals surface area contributed by atoms with Crippen LogP contribution in [0.15, 0.2) is 48.5 Å². The molecular formula is C21H25ClO3. The number of rotatable bonds is 8. The van der Waals surface area contributed by atoms with Crippen molar-refractivity contribution in [2.24, 2.45) is 5.41 Å². The Hall–Kier alpha value is -2.00. The van der Waals surface area contributed by atoms with E-state index in [1.54, 1.807) is 0 Å². The molecule has 0 unspecified atom stereocenters. The van der Waals surface area contributed by atoms with Crippen molar-refractivity contribution in [3.05, 3.63) is 64.7 Å². The molecule has 25 heavy (non-hydrogen) atoms. The standard InChI is InChI=1S/C21H25ClO3/c1-4-21(3,5-2)20(23)25-15-24-19-12-8-17(9-13-19)14-16-6-10-18(22)11-7-16/h6-13H,4-5,14-15H2,1-3H3. The Morgan fingerprint density at radius 2 is 1.48 bits per heavy atom. The number of hydrogen-bond acceptors (Lipinski definition) is 3. The molecule has 0 amide bonds. The van der Waals surface area contributed by atoms with Gasteiger partial charge in [0.15, 0.2) is 0 Å². The van der Waals surface area contributed by atoms with Gasteiger partial charge in [-0.3, -0.25) is 4.79 Å². The lowest BCUT2D eigenvalue weighted by Crippen LogP contribution is -2.29. The van der Waals surface area contributed by atoms with Gasteiger partial charge in [-0.25, -0.2) is 0 Å². The average Bonchev–Trinajstić information content (AvgIpc) is 2.64. The Balaban J connectivity index is 1.84. The molecule has 2 aromatic carbocycles. The van der Waals surface area contributed by atoms with Crippen LogP contribution in [0.25, 0.3) is 0 Å². The molecule has 0 N–H and O–H groups in total. The lowest BCUT2D eigenvalue weighted by atomic mass is 9.85. The molecule has 2 rings (SSSR count). The second kappa shape index (κ2) is 8.91. The van der Waals surface area contributed by atoms with E-state index in [1.165, 1.54) is 11.1 Å². The number of ether oxygens (including phenoxy) is 2. The van der Waals surface area contributed by atoms with E-state index >= 15 is 0 Å². The summed E-state index contributed by atoms with van der Waals surface area (Å²) in [6.07, 6.45) is 2.33. The van der Waals surface area contributed by atoms with Crippen LogP contribution in [0.4, 0.5) is 0 Å². The van der Waals surface area contributed by atoms with Gasteiger partial charge >= 0.3 is 5.97 Å². The second-order valence-corrected chi connectivity index (χ2v) is 6.85. The molecule has 3 nitrogen and oxygen atoms in total. The van der Waals surface area contributed by atoms with Crippen molar-refractivity contribution in [2.45, 2.75) is 40.0 Å². The minimum atomic E-state index is -0.439. The normalized spacial score (nSPS) is 11.2. The van der Waals surface area contributed by atoms with Crippen molar-refractivity contribution >= 4 is 17.6 Å². The van der Waals surface area contributed by atoms with E-state index in [-0.39, 0.29) is 12.8 Å². The van der Waals surface area contributed by atoms with E-state index in [1.807, 2.05) is 69.3 Å². The zero-order valence-electron chi connectivity index (χ0n) is 15.0. The summed E-state index contributed by atoms with van der Waals surface area (Å²) < 4.78 is 10.8. The fraction of sp³-hybridized carbons (Fsp3) is 0.381. The fourth-order valence-electron chi connectivity index (χ4n) is 2.41. The maximum absolute atomic E-state index is 12.1. The molecule has 0 atom stereocenters. The van der Waals surface area contributed by atoms with Gasteiger partial charge in [-0.15, -0.1) is 0 Å². The third-order valence-electron chi connectivity index (χ3n) is 4.71. The summed E-state index contributed by atoms with van der Waals surface area (Å²) >= 11 is 5.90. The van der Waals surface area contributed by atoms with Crippen molar-refractivity contribution in [1.82, 2.24) is 0 Å². The first-order valence-electron chi connectivity index (χ1n) is 8.60. The highest BCUT2D eigenvalue weighted by Gasteiger charge is 2.30. The summed E-state index contributed by atoms with van der Waals surface area (Å²) in [5.74, 6) is 0.471. The molecule has 0 saturated heterocycles. The van der Waals surface area contributed by atoms with Gasteiger partial charge in [0.1, 0.15) is 5.75 Å². The van der Waals surface area contributed by atoms with Gasteiger partial charge in [-0.2, -0.15) is 0 Å². The van der Waals surface area contributed by atoms with Crippen LogP contribution >= 0.6 is 11.6 Å². The smallest absolute Gasteiger partial charge is 0.314 e. The van der Waals surface area contributed by atoms with Crippen LogP contribution in [0.2, 0.25) is 5.02 Å². The third-order valence-corrected chi connectivity index (χ3v) is 4.97. The van der Waals surface area contributed by atoms with Gasteiger partial charge in [0, 0.05) is 5.02 Å². The van der Waals surface area contributed by atoms with E-state index in [2.05, 4.69) is 0 Å². The molecule has 0 aliphatic heterocycles. The zero-order chi connectivity index (χ0) is 18.3. The molecule has 0 radical (unpaired) electrons. The van der Waals surface area contributed by atoms with Gasteiger partial charge in [0.2, 0.25) is 6.79 Å². The Labute approximate surface area is 154 Å². The highest BCUT2D eigenvalue weighted by Crippen LogP contribution is 2.27. The Kier molecular flexibility index (Phi) is 6.89. The molecule has 134 valence electrons. The highest BCUT2D eigenvalue weighted by atomic mass is 35.5. The maximum Gasteiger partial charge on any atom is 0.314 e. The number of halogens is 1. The fourth-order valence-corrected chi connectivity index (χ4v) is 2.53. The van der Waals surface area contributed by atoms with Gasteiger partial charge < -0.3 is 9.47 Å². The molecule has 0 aliphatic rings. The molecule has 0 bridgehead atoms. The molecule has 4 heteroatoms. The molecule has 0 aliphatic carbocycles. The second-order valence-electron chi connectivity index (χ2n) is 6.41. The molecule has 0 aromatic heterocycles. The summed E-state index contributed by atoms with van der Waals surface area (Å²) in [5, 5.41) is 0.740. The predicted molar refractivity (Wildman–Crippen MR) is 101 cm³/mol. The summed E-state index contributed by atoms with van der Waals surface area (Å²) in [4.78, 5) is 12.1. The van der Waals surface area contributed by atoms with E-state index in [9.17, 15) is 4.79 Å². The van der Waals surface area contributed by atoms with Crippen LogP contribution in [0.3, 0.4) is 0 Å². The zero-order valence-corrected chi connectivity index (χ0v) is 15.8. The van der Waals surface area contributed by atoms with Crippen LogP contribution in [0.5, 0.6) is 5.75 Å². The third kappa shape index (κ3) is 5.50. The monoisotopic (exact) mass is 360 g/mol. The van der Waals surface area contributed by atoms with Crippen LogP contribution in [0.1, 0.15) is 44.7 Å². The first-order chi connectivity index (χ1) is 12.0. The summed E-state index contributed by atoms with van der Waals surface area (Å²) in [5.41, 5.74) is 1.94. The Morgan fingerprint density at radius 1 is 0.960 bits per heavy atom. The summed E-state index contributed by atoms with van der Waals surface area (Å²) in [6, 6.07) is 15.6. The van der Waals surface area contributed by atoms with Crippen molar-refractivity contribution in [3.8, 4) is 5.75 Å². The minimum Gasteiger partial charge on any atom is -0.457 e. The van der Waals surface area contributed by atoms with Crippen LogP contribution in [-0.2, 0) is 16.0 Å². The molecule has 0 fully saturated rings. The van der Waals surface area contributed by atoms with Crippen LogP contribution in [-0.4, -0.2) is 12.8 Å². The number of carbonyl (C=O) groups is 1. The van der Waals surface area contributed by atoms with Crippen molar-refractivity contribution in [1.29, 1.82) is 0 Å². The summed E-state index contributed by atoms with van der Waals surface area (Å²) in [7, 11) is 0. The SMILES string of the molecule is CCC(C)(CC)C(=O)OCOc1ccc(Cc2ccc(Cl)cc2)cc1. The number of esters is 1. The molecule has 0 spiro atoms. The number of hydrogen-bond donors (Lipinski definition) is 0. The number of benzene rings is 2. The molecular weight excluding hydrogens is 336 g/mol. The maximum atomic E-state index is 12.1. The Bertz CT molecular complexity index is 673. The molecule has 2 aromatic rings. The average molecular weight is 361 g/mol. The topological polar surface area (TPSA) is 35.5 Å². The van der Waals surface area contributed by atoms with Crippen molar-refractivity contribution < 1.29 is 14.3 Å². The van der Waals surface area contributed by atoms with Gasteiger partial charge in [0.05, 0.1) is 5.41 Å². The predicted octanol–water partition coefficient (Wildman–Crippen LogP) is 5.64. The van der Waals surface area contributed by atoms with Crippen molar-refractivity contribution in [3.63, 3.8) is 0 Å². The molecule has 0 heterocycles. The minimum absolute atomic E-state index is 0.0645. The Morgan fingerprint density at radius 3 is 2.00 bits per heavy atom. The van der Waals surface area contributed by atoms with Gasteiger partial charge in [-0.1, -0.05) is 49.7 Å². The van der Waals surface area contributed by atoms with E-state index in [4.69, 9.17) is 21.1 Å². The quantitative estimate of drug-likeness (QED) is 0.451. The van der Waals surface area contributed by atoms with E-state index < -0.39 is 5.41 Å². The largest absolute Gasteiger partial charge is 0.457 e. The van der Waals surface area contributed by atoms with Gasteiger partial charge in [0.25, 0.3) is 0 Å². The molecule has 0 saturated carbocycles. The van der Waals surface area contributed by atoms with E-state index in [0.29, 0.717) is 5.75 Å². The first-order valence-corrected chi connectivity index (χ1v) is 8.98. The van der Waals surface area contributed by atoms with E-state index in [0.717, 1.165) is 24.3 Å².